The van der Waals surface area contributed by atoms with E-state index in [2.05, 4.69) is 4.74 Å². The van der Waals surface area contributed by atoms with Gasteiger partial charge in [0.05, 0.1) is 18.9 Å². The molecule has 2 saturated heterocycles. The summed E-state index contributed by atoms with van der Waals surface area (Å²) in [7, 11) is 0. The van der Waals surface area contributed by atoms with Gasteiger partial charge in [-0.2, -0.15) is 0 Å². The number of hydrogen-bond donors (Lipinski definition) is 1. The largest absolute Gasteiger partial charge is 0.481 e. The summed E-state index contributed by atoms with van der Waals surface area (Å²) in [6.45, 7) is -0.714. The van der Waals surface area contributed by atoms with Crippen LogP contribution in [-0.4, -0.2) is 53.6 Å². The molecule has 2 rings (SSSR count). The van der Waals surface area contributed by atoms with Crippen LogP contribution in [0.1, 0.15) is 25.7 Å². The monoisotopic (exact) mass is 277 g/mol. The third-order valence-electron chi connectivity index (χ3n) is 3.85. The molecule has 19 heavy (non-hydrogen) atoms. The second kappa shape index (κ2) is 5.81. The van der Waals surface area contributed by atoms with Gasteiger partial charge in [0, 0.05) is 12.1 Å². The van der Waals surface area contributed by atoms with Crippen molar-refractivity contribution >= 4 is 11.9 Å². The summed E-state index contributed by atoms with van der Waals surface area (Å²) < 4.78 is 28.4. The van der Waals surface area contributed by atoms with E-state index in [1.165, 1.54) is 0 Å². The number of rotatable bonds is 6. The van der Waals surface area contributed by atoms with Crippen molar-refractivity contribution in [1.29, 1.82) is 0 Å². The molecule has 108 valence electrons. The fourth-order valence-electron chi connectivity index (χ4n) is 3.10. The van der Waals surface area contributed by atoms with Crippen LogP contribution >= 0.6 is 0 Å². The molecule has 0 aromatic carbocycles. The SMILES string of the molecule is O=C(O)C1CC2CCC1N2C(=O)CCOCC(F)F. The maximum Gasteiger partial charge on any atom is 0.308 e. The highest BCUT2D eigenvalue weighted by Gasteiger charge is 2.50. The van der Waals surface area contributed by atoms with Crippen LogP contribution < -0.4 is 0 Å². The molecule has 5 nitrogen and oxygen atoms in total. The number of fused-ring (bicyclic) bond motifs is 2. The lowest BCUT2D eigenvalue weighted by Gasteiger charge is -2.23. The van der Waals surface area contributed by atoms with E-state index in [1.54, 1.807) is 4.90 Å². The summed E-state index contributed by atoms with van der Waals surface area (Å²) in [5.74, 6) is -1.53. The lowest BCUT2D eigenvalue weighted by molar-refractivity contribution is -0.143. The third kappa shape index (κ3) is 3.02. The molecule has 0 aliphatic carbocycles. The highest BCUT2D eigenvalue weighted by molar-refractivity contribution is 5.80. The Balaban J connectivity index is 1.82. The summed E-state index contributed by atoms with van der Waals surface area (Å²) in [6, 6.07) is -0.237. The number of nitrogens with zero attached hydrogens (tertiary/aromatic N) is 1. The molecule has 0 aromatic heterocycles. The minimum absolute atomic E-state index is 0.00583. The van der Waals surface area contributed by atoms with Crippen molar-refractivity contribution in [2.75, 3.05) is 13.2 Å². The first kappa shape index (κ1) is 14.2. The van der Waals surface area contributed by atoms with Crippen LogP contribution in [0.15, 0.2) is 0 Å². The van der Waals surface area contributed by atoms with Gasteiger partial charge in [0.2, 0.25) is 5.91 Å². The Labute approximate surface area is 109 Å². The Morgan fingerprint density at radius 2 is 2.11 bits per heavy atom. The normalized spacial score (nSPS) is 29.2. The van der Waals surface area contributed by atoms with Gasteiger partial charge in [0.1, 0.15) is 6.61 Å². The van der Waals surface area contributed by atoms with Gasteiger partial charge in [0.25, 0.3) is 6.43 Å². The molecule has 3 unspecified atom stereocenters. The number of carbonyl (C=O) groups excluding carboxylic acids is 1. The maximum absolute atomic E-state index is 12.0. The summed E-state index contributed by atoms with van der Waals surface area (Å²) in [4.78, 5) is 24.7. The van der Waals surface area contributed by atoms with E-state index in [-0.39, 0.29) is 31.0 Å². The molecule has 0 spiro atoms. The number of hydrogen-bond acceptors (Lipinski definition) is 3. The minimum Gasteiger partial charge on any atom is -0.481 e. The van der Waals surface area contributed by atoms with E-state index in [1.807, 2.05) is 0 Å². The summed E-state index contributed by atoms with van der Waals surface area (Å²) in [5, 5.41) is 9.06. The predicted molar refractivity (Wildman–Crippen MR) is 60.8 cm³/mol. The quantitative estimate of drug-likeness (QED) is 0.739. The lowest BCUT2D eigenvalue weighted by Crippen LogP contribution is -2.38. The molecule has 2 aliphatic rings. The molecular weight excluding hydrogens is 260 g/mol. The molecule has 1 amide bonds. The van der Waals surface area contributed by atoms with E-state index in [0.29, 0.717) is 12.8 Å². The van der Waals surface area contributed by atoms with Crippen molar-refractivity contribution in [3.8, 4) is 0 Å². The van der Waals surface area contributed by atoms with Crippen LogP contribution in [0.2, 0.25) is 0 Å². The fraction of sp³-hybridized carbons (Fsp3) is 0.833. The van der Waals surface area contributed by atoms with Crippen molar-refractivity contribution in [2.45, 2.75) is 44.2 Å². The topological polar surface area (TPSA) is 66.8 Å². The number of alkyl halides is 2. The number of carbonyl (C=O) groups is 2. The molecule has 3 atom stereocenters. The maximum atomic E-state index is 12.0. The Hall–Kier alpha value is -1.24. The third-order valence-corrected chi connectivity index (χ3v) is 3.85. The second-order valence-electron chi connectivity index (χ2n) is 5.00. The van der Waals surface area contributed by atoms with E-state index in [9.17, 15) is 18.4 Å². The van der Waals surface area contributed by atoms with Crippen molar-refractivity contribution in [1.82, 2.24) is 4.90 Å². The van der Waals surface area contributed by atoms with Crippen molar-refractivity contribution in [3.05, 3.63) is 0 Å². The van der Waals surface area contributed by atoms with Crippen molar-refractivity contribution in [3.63, 3.8) is 0 Å². The predicted octanol–water partition coefficient (Wildman–Crippen LogP) is 1.12. The van der Waals surface area contributed by atoms with E-state index in [0.717, 1.165) is 6.42 Å². The molecule has 1 N–H and O–H groups in total. The second-order valence-corrected chi connectivity index (χ2v) is 5.00. The van der Waals surface area contributed by atoms with Crippen LogP contribution in [-0.2, 0) is 14.3 Å². The first-order chi connectivity index (χ1) is 9.00. The van der Waals surface area contributed by atoms with Crippen molar-refractivity contribution in [2.24, 2.45) is 5.92 Å². The molecular formula is C12H17F2NO4. The standard InChI is InChI=1S/C12H17F2NO4/c13-10(14)6-19-4-3-11(16)15-7-1-2-9(15)8(5-7)12(17)18/h7-10H,1-6H2,(H,17,18). The first-order valence-electron chi connectivity index (χ1n) is 6.40. The lowest BCUT2D eigenvalue weighted by atomic mass is 9.89. The first-order valence-corrected chi connectivity index (χ1v) is 6.40. The molecule has 2 fully saturated rings. The summed E-state index contributed by atoms with van der Waals surface area (Å²) in [5.41, 5.74) is 0. The Kier molecular flexibility index (Phi) is 4.34. The van der Waals surface area contributed by atoms with Crippen LogP contribution in [0.5, 0.6) is 0 Å². The van der Waals surface area contributed by atoms with Crippen LogP contribution in [0, 0.1) is 5.92 Å². The zero-order valence-corrected chi connectivity index (χ0v) is 10.4. The molecule has 0 radical (unpaired) electrons. The zero-order chi connectivity index (χ0) is 14.0. The molecule has 2 heterocycles. The Morgan fingerprint density at radius 1 is 1.37 bits per heavy atom. The summed E-state index contributed by atoms with van der Waals surface area (Å²) in [6.07, 6.45) is -0.451. The molecule has 2 bridgehead atoms. The van der Waals surface area contributed by atoms with E-state index >= 15 is 0 Å². The van der Waals surface area contributed by atoms with Crippen LogP contribution in [0.4, 0.5) is 8.78 Å². The van der Waals surface area contributed by atoms with Gasteiger partial charge in [-0.25, -0.2) is 8.78 Å². The van der Waals surface area contributed by atoms with E-state index < -0.39 is 24.9 Å². The molecule has 0 aromatic rings. The van der Waals surface area contributed by atoms with Gasteiger partial charge >= 0.3 is 5.97 Å². The highest BCUT2D eigenvalue weighted by atomic mass is 19.3. The van der Waals surface area contributed by atoms with Crippen LogP contribution in [0.3, 0.4) is 0 Å². The van der Waals surface area contributed by atoms with Gasteiger partial charge in [0.15, 0.2) is 0 Å². The van der Waals surface area contributed by atoms with Crippen LogP contribution in [0.25, 0.3) is 0 Å². The molecule has 0 saturated carbocycles. The summed E-state index contributed by atoms with van der Waals surface area (Å²) >= 11 is 0. The average Bonchev–Trinajstić information content (AvgIpc) is 2.91. The van der Waals surface area contributed by atoms with E-state index in [4.69, 9.17) is 5.11 Å². The number of halogens is 2. The van der Waals surface area contributed by atoms with Crippen molar-refractivity contribution < 1.29 is 28.2 Å². The number of ether oxygens (including phenoxy) is 1. The van der Waals surface area contributed by atoms with Gasteiger partial charge < -0.3 is 14.7 Å². The smallest absolute Gasteiger partial charge is 0.308 e. The molecule has 2 aliphatic heterocycles. The number of amides is 1. The minimum atomic E-state index is -2.53. The number of carboxylic acids is 1. The highest BCUT2D eigenvalue weighted by Crippen LogP contribution is 2.42. The number of aliphatic carboxylic acids is 1. The fourth-order valence-corrected chi connectivity index (χ4v) is 3.10. The Morgan fingerprint density at radius 3 is 2.68 bits per heavy atom. The van der Waals surface area contributed by atoms with Gasteiger partial charge in [-0.15, -0.1) is 0 Å². The van der Waals surface area contributed by atoms with Gasteiger partial charge in [-0.1, -0.05) is 0 Å². The van der Waals surface area contributed by atoms with Gasteiger partial charge in [-0.05, 0) is 19.3 Å². The molecule has 7 heteroatoms. The van der Waals surface area contributed by atoms with Gasteiger partial charge in [-0.3, -0.25) is 9.59 Å². The average molecular weight is 277 g/mol. The Bertz CT molecular complexity index is 364. The zero-order valence-electron chi connectivity index (χ0n) is 10.4. The number of carboxylic acid groups (broad SMARTS) is 1.